The molecule has 0 radical (unpaired) electrons. The minimum Gasteiger partial charge on any atom is -0.467 e. The van der Waals surface area contributed by atoms with Gasteiger partial charge in [0.05, 0.1) is 7.11 Å². The van der Waals surface area contributed by atoms with E-state index < -0.39 is 11.5 Å². The lowest BCUT2D eigenvalue weighted by Crippen LogP contribution is -2.52. The molecule has 1 aliphatic heterocycles. The Bertz CT molecular complexity index is 361. The van der Waals surface area contributed by atoms with Gasteiger partial charge in [-0.3, -0.25) is 4.79 Å². The molecule has 21 heavy (non-hydrogen) atoms. The SMILES string of the molecule is COC(=O)C(CC(C)C)NC(=O)C(C)(C)C1CCCNC1. The van der Waals surface area contributed by atoms with Crippen LogP contribution in [0.25, 0.3) is 0 Å². The zero-order chi connectivity index (χ0) is 16.0. The van der Waals surface area contributed by atoms with Crippen LogP contribution in [0.3, 0.4) is 0 Å². The highest BCUT2D eigenvalue weighted by atomic mass is 16.5. The van der Waals surface area contributed by atoms with E-state index >= 15 is 0 Å². The maximum absolute atomic E-state index is 12.6. The van der Waals surface area contributed by atoms with E-state index in [4.69, 9.17) is 4.74 Å². The van der Waals surface area contributed by atoms with E-state index in [1.807, 2.05) is 27.7 Å². The molecule has 5 heteroatoms. The van der Waals surface area contributed by atoms with Crippen molar-refractivity contribution in [3.05, 3.63) is 0 Å². The topological polar surface area (TPSA) is 67.4 Å². The lowest BCUT2D eigenvalue weighted by atomic mass is 9.74. The van der Waals surface area contributed by atoms with Crippen LogP contribution >= 0.6 is 0 Å². The summed E-state index contributed by atoms with van der Waals surface area (Å²) in [7, 11) is 1.36. The van der Waals surface area contributed by atoms with E-state index in [9.17, 15) is 9.59 Å². The zero-order valence-electron chi connectivity index (χ0n) is 14.0. The number of hydrogen-bond acceptors (Lipinski definition) is 4. The predicted octanol–water partition coefficient (Wildman–Crippen LogP) is 1.72. The van der Waals surface area contributed by atoms with Gasteiger partial charge < -0.3 is 15.4 Å². The maximum Gasteiger partial charge on any atom is 0.328 e. The zero-order valence-corrected chi connectivity index (χ0v) is 14.0. The van der Waals surface area contributed by atoms with Gasteiger partial charge in [0, 0.05) is 5.41 Å². The van der Waals surface area contributed by atoms with Crippen molar-refractivity contribution in [2.24, 2.45) is 17.3 Å². The van der Waals surface area contributed by atoms with Gasteiger partial charge in [-0.2, -0.15) is 0 Å². The third kappa shape index (κ3) is 4.99. The van der Waals surface area contributed by atoms with Crippen LogP contribution in [0.15, 0.2) is 0 Å². The Morgan fingerprint density at radius 2 is 2.05 bits per heavy atom. The second kappa shape index (κ2) is 7.78. The highest BCUT2D eigenvalue weighted by molar-refractivity contribution is 5.87. The third-order valence-electron chi connectivity index (χ3n) is 4.40. The Balaban J connectivity index is 2.72. The normalized spacial score (nSPS) is 21.0. The number of carbonyl (C=O) groups excluding carboxylic acids is 2. The largest absolute Gasteiger partial charge is 0.467 e. The van der Waals surface area contributed by atoms with Gasteiger partial charge in [0.1, 0.15) is 6.04 Å². The van der Waals surface area contributed by atoms with Crippen LogP contribution in [-0.4, -0.2) is 38.1 Å². The van der Waals surface area contributed by atoms with Crippen LogP contribution in [0.4, 0.5) is 0 Å². The number of esters is 1. The number of ether oxygens (including phenoxy) is 1. The van der Waals surface area contributed by atoms with Crippen LogP contribution in [0.2, 0.25) is 0 Å². The number of carbonyl (C=O) groups is 2. The smallest absolute Gasteiger partial charge is 0.328 e. The van der Waals surface area contributed by atoms with Crippen molar-refractivity contribution in [1.82, 2.24) is 10.6 Å². The van der Waals surface area contributed by atoms with Crippen LogP contribution in [0.5, 0.6) is 0 Å². The minimum absolute atomic E-state index is 0.0627. The molecule has 1 saturated heterocycles. The molecule has 2 N–H and O–H groups in total. The second-order valence-electron chi connectivity index (χ2n) is 6.94. The van der Waals surface area contributed by atoms with Crippen molar-refractivity contribution in [1.29, 1.82) is 0 Å². The first kappa shape index (κ1) is 18.0. The molecular formula is C16H30N2O3. The molecule has 2 unspecified atom stereocenters. The van der Waals surface area contributed by atoms with E-state index in [1.165, 1.54) is 7.11 Å². The fourth-order valence-corrected chi connectivity index (χ4v) is 2.83. The van der Waals surface area contributed by atoms with Gasteiger partial charge in [0.15, 0.2) is 0 Å². The Kier molecular flexibility index (Phi) is 6.65. The molecule has 0 aromatic heterocycles. The Hall–Kier alpha value is -1.10. The summed E-state index contributed by atoms with van der Waals surface area (Å²) in [5, 5.41) is 6.24. The molecule has 1 fully saturated rings. The monoisotopic (exact) mass is 298 g/mol. The van der Waals surface area contributed by atoms with Crippen molar-refractivity contribution >= 4 is 11.9 Å². The van der Waals surface area contributed by atoms with Gasteiger partial charge in [-0.1, -0.05) is 27.7 Å². The molecule has 1 heterocycles. The van der Waals surface area contributed by atoms with Gasteiger partial charge in [-0.25, -0.2) is 4.79 Å². The number of methoxy groups -OCH3 is 1. The van der Waals surface area contributed by atoms with Crippen LogP contribution in [0.1, 0.15) is 47.0 Å². The van der Waals surface area contributed by atoms with Crippen molar-refractivity contribution in [2.45, 2.75) is 53.0 Å². The summed E-state index contributed by atoms with van der Waals surface area (Å²) < 4.78 is 4.81. The minimum atomic E-state index is -0.557. The quantitative estimate of drug-likeness (QED) is 0.733. The Morgan fingerprint density at radius 1 is 1.38 bits per heavy atom. The molecule has 2 atom stereocenters. The van der Waals surface area contributed by atoms with Gasteiger partial charge in [0.25, 0.3) is 0 Å². The van der Waals surface area contributed by atoms with E-state index in [0.717, 1.165) is 25.9 Å². The summed E-state index contributed by atoms with van der Waals surface area (Å²) in [6, 6.07) is -0.557. The average molecular weight is 298 g/mol. The number of piperidine rings is 1. The Morgan fingerprint density at radius 3 is 2.52 bits per heavy atom. The van der Waals surface area contributed by atoms with Crippen molar-refractivity contribution < 1.29 is 14.3 Å². The van der Waals surface area contributed by atoms with Gasteiger partial charge >= 0.3 is 5.97 Å². The molecule has 1 amide bonds. The fraction of sp³-hybridized carbons (Fsp3) is 0.875. The number of rotatable bonds is 6. The summed E-state index contributed by atoms with van der Waals surface area (Å²) in [5.41, 5.74) is -0.489. The first-order valence-corrected chi connectivity index (χ1v) is 7.88. The standard InChI is InChI=1S/C16H30N2O3/c1-11(2)9-13(14(19)21-5)18-15(20)16(3,4)12-7-6-8-17-10-12/h11-13,17H,6-10H2,1-5H3,(H,18,20). The summed E-state index contributed by atoms with van der Waals surface area (Å²) in [5.74, 6) is 0.180. The second-order valence-corrected chi connectivity index (χ2v) is 6.94. The summed E-state index contributed by atoms with van der Waals surface area (Å²) >= 11 is 0. The van der Waals surface area contributed by atoms with E-state index in [0.29, 0.717) is 18.3 Å². The molecule has 0 bridgehead atoms. The number of amides is 1. The predicted molar refractivity (Wildman–Crippen MR) is 82.8 cm³/mol. The van der Waals surface area contributed by atoms with Gasteiger partial charge in [-0.05, 0) is 44.2 Å². The molecule has 0 aromatic rings. The fourth-order valence-electron chi connectivity index (χ4n) is 2.83. The van der Waals surface area contributed by atoms with Crippen molar-refractivity contribution in [3.63, 3.8) is 0 Å². The molecule has 122 valence electrons. The molecule has 0 aromatic carbocycles. The van der Waals surface area contributed by atoms with E-state index in [2.05, 4.69) is 10.6 Å². The van der Waals surface area contributed by atoms with E-state index in [1.54, 1.807) is 0 Å². The number of nitrogens with one attached hydrogen (secondary N) is 2. The molecular weight excluding hydrogens is 268 g/mol. The summed E-state index contributed by atoms with van der Waals surface area (Å²) in [4.78, 5) is 24.5. The van der Waals surface area contributed by atoms with Crippen LogP contribution in [-0.2, 0) is 14.3 Å². The molecule has 1 rings (SSSR count). The molecule has 0 aliphatic carbocycles. The van der Waals surface area contributed by atoms with Crippen molar-refractivity contribution in [2.75, 3.05) is 20.2 Å². The average Bonchev–Trinajstić information content (AvgIpc) is 2.46. The number of hydrogen-bond donors (Lipinski definition) is 2. The highest BCUT2D eigenvalue weighted by Crippen LogP contribution is 2.32. The summed E-state index contributed by atoms with van der Waals surface area (Å²) in [6.45, 7) is 9.85. The third-order valence-corrected chi connectivity index (χ3v) is 4.40. The van der Waals surface area contributed by atoms with Gasteiger partial charge in [-0.15, -0.1) is 0 Å². The lowest BCUT2D eigenvalue weighted by Gasteiger charge is -2.37. The van der Waals surface area contributed by atoms with Gasteiger partial charge in [0.2, 0.25) is 5.91 Å². The van der Waals surface area contributed by atoms with Crippen LogP contribution in [0, 0.1) is 17.3 Å². The highest BCUT2D eigenvalue weighted by Gasteiger charge is 2.39. The Labute approximate surface area is 128 Å². The first-order valence-electron chi connectivity index (χ1n) is 7.88. The maximum atomic E-state index is 12.6. The molecule has 1 aliphatic rings. The summed E-state index contributed by atoms with van der Waals surface area (Å²) in [6.07, 6.45) is 2.73. The van der Waals surface area contributed by atoms with Crippen molar-refractivity contribution in [3.8, 4) is 0 Å². The lowest BCUT2D eigenvalue weighted by molar-refractivity contribution is -0.147. The molecule has 0 saturated carbocycles. The first-order chi connectivity index (χ1) is 9.78. The van der Waals surface area contributed by atoms with E-state index in [-0.39, 0.29) is 11.9 Å². The molecule has 5 nitrogen and oxygen atoms in total. The van der Waals surface area contributed by atoms with Crippen LogP contribution < -0.4 is 10.6 Å². The molecule has 0 spiro atoms.